The molecule has 23 heavy (non-hydrogen) atoms. The minimum absolute atomic E-state index is 0.0883. The summed E-state index contributed by atoms with van der Waals surface area (Å²) in [6.07, 6.45) is 3.61. The molecule has 1 heterocycles. The normalized spacial score (nSPS) is 17.9. The van der Waals surface area contributed by atoms with Crippen LogP contribution < -0.4 is 4.74 Å². The highest BCUT2D eigenvalue weighted by molar-refractivity contribution is 9.11. The zero-order valence-corrected chi connectivity index (χ0v) is 13.3. The number of alkyl halides is 3. The van der Waals surface area contributed by atoms with Gasteiger partial charge >= 0.3 is 6.36 Å². The molecule has 0 spiro atoms. The van der Waals surface area contributed by atoms with Crippen LogP contribution >= 0.6 is 15.9 Å². The molecule has 0 radical (unpaired) electrons. The van der Waals surface area contributed by atoms with E-state index in [1.807, 2.05) is 18.2 Å². The van der Waals surface area contributed by atoms with E-state index in [4.69, 9.17) is 0 Å². The third-order valence-corrected chi connectivity index (χ3v) is 3.82. The fraction of sp³-hybridized carbons (Fsp3) is 0.200. The van der Waals surface area contributed by atoms with Crippen LogP contribution in [0.4, 0.5) is 13.2 Å². The van der Waals surface area contributed by atoms with Crippen LogP contribution in [0.15, 0.2) is 53.3 Å². The van der Waals surface area contributed by atoms with E-state index in [1.165, 1.54) is 35.3 Å². The Morgan fingerprint density at radius 3 is 2.57 bits per heavy atom. The molecule has 0 bridgehead atoms. The molecule has 0 fully saturated rings. The van der Waals surface area contributed by atoms with Gasteiger partial charge in [0.15, 0.2) is 5.82 Å². The van der Waals surface area contributed by atoms with Crippen LogP contribution in [0.25, 0.3) is 5.69 Å². The highest BCUT2D eigenvalue weighted by atomic mass is 79.9. The van der Waals surface area contributed by atoms with Gasteiger partial charge in [-0.15, -0.1) is 13.2 Å². The molecule has 3 rings (SSSR count). The van der Waals surface area contributed by atoms with E-state index in [1.54, 1.807) is 0 Å². The van der Waals surface area contributed by atoms with E-state index in [2.05, 4.69) is 30.7 Å². The Morgan fingerprint density at radius 1 is 1.22 bits per heavy atom. The van der Waals surface area contributed by atoms with Gasteiger partial charge in [0.1, 0.15) is 12.1 Å². The summed E-state index contributed by atoms with van der Waals surface area (Å²) in [6.45, 7) is 0. The van der Waals surface area contributed by atoms with Crippen molar-refractivity contribution in [3.63, 3.8) is 0 Å². The first-order chi connectivity index (χ1) is 10.9. The number of hydrogen-bond donors (Lipinski definition) is 0. The number of benzene rings is 1. The molecular weight excluding hydrogens is 375 g/mol. The lowest BCUT2D eigenvalue weighted by Crippen LogP contribution is -2.17. The topological polar surface area (TPSA) is 39.9 Å². The molecule has 1 aliphatic rings. The zero-order valence-electron chi connectivity index (χ0n) is 11.7. The number of halogens is 4. The van der Waals surface area contributed by atoms with Crippen molar-refractivity contribution in [2.45, 2.75) is 18.7 Å². The molecule has 1 aromatic heterocycles. The van der Waals surface area contributed by atoms with E-state index >= 15 is 0 Å². The maximum atomic E-state index is 12.1. The second-order valence-corrected chi connectivity index (χ2v) is 5.80. The average Bonchev–Trinajstić information content (AvgIpc) is 2.97. The second-order valence-electron chi connectivity index (χ2n) is 4.88. The predicted molar refractivity (Wildman–Crippen MR) is 81.6 cm³/mol. The van der Waals surface area contributed by atoms with E-state index in [0.717, 1.165) is 10.9 Å². The molecule has 1 aromatic carbocycles. The fourth-order valence-corrected chi connectivity index (χ4v) is 2.50. The van der Waals surface area contributed by atoms with Crippen molar-refractivity contribution in [2.24, 2.45) is 0 Å². The highest BCUT2D eigenvalue weighted by Crippen LogP contribution is 2.27. The van der Waals surface area contributed by atoms with E-state index in [-0.39, 0.29) is 11.7 Å². The van der Waals surface area contributed by atoms with Crippen LogP contribution in [0.2, 0.25) is 0 Å². The molecular formula is C15H11BrF3N3O. The van der Waals surface area contributed by atoms with Gasteiger partial charge in [0, 0.05) is 10.4 Å². The van der Waals surface area contributed by atoms with Crippen LogP contribution in [0.1, 0.15) is 18.2 Å². The predicted octanol–water partition coefficient (Wildman–Crippen LogP) is 4.49. The number of nitrogens with zero attached hydrogens (tertiary/aromatic N) is 3. The van der Waals surface area contributed by atoms with Crippen molar-refractivity contribution in [2.75, 3.05) is 0 Å². The van der Waals surface area contributed by atoms with Crippen LogP contribution in [0.3, 0.4) is 0 Å². The summed E-state index contributed by atoms with van der Waals surface area (Å²) in [5.74, 6) is 0.477. The van der Waals surface area contributed by atoms with Crippen LogP contribution in [0, 0.1) is 0 Å². The standard InChI is InChI=1S/C15H11BrF3N3O/c16-11-3-1-10(2-4-11)14-20-9-22(21-14)12-5-7-13(8-6-12)23-15(17,18)19/h1,3-10H,2H2. The molecule has 4 nitrogen and oxygen atoms in total. The highest BCUT2D eigenvalue weighted by Gasteiger charge is 2.31. The Labute approximate surface area is 138 Å². The summed E-state index contributed by atoms with van der Waals surface area (Å²) in [6, 6.07) is 5.47. The maximum Gasteiger partial charge on any atom is 0.573 e. The van der Waals surface area contributed by atoms with Crippen LogP contribution in [-0.2, 0) is 0 Å². The van der Waals surface area contributed by atoms with Crippen molar-refractivity contribution in [3.8, 4) is 11.4 Å². The minimum Gasteiger partial charge on any atom is -0.406 e. The molecule has 0 saturated heterocycles. The van der Waals surface area contributed by atoms with Crippen molar-refractivity contribution in [3.05, 3.63) is 59.1 Å². The SMILES string of the molecule is FC(F)(F)Oc1ccc(-n2cnc(C3C=CC(Br)=CC3)n2)cc1. The fourth-order valence-electron chi connectivity index (χ4n) is 2.16. The molecule has 0 aliphatic heterocycles. The summed E-state index contributed by atoms with van der Waals surface area (Å²) in [5.41, 5.74) is 0.606. The Kier molecular flexibility index (Phi) is 4.25. The van der Waals surface area contributed by atoms with Gasteiger partial charge in [-0.2, -0.15) is 5.10 Å². The second kappa shape index (κ2) is 6.19. The first-order valence-electron chi connectivity index (χ1n) is 6.72. The Balaban J connectivity index is 1.74. The minimum atomic E-state index is -4.70. The van der Waals surface area contributed by atoms with Gasteiger partial charge in [-0.05, 0) is 30.7 Å². The van der Waals surface area contributed by atoms with Crippen molar-refractivity contribution < 1.29 is 17.9 Å². The third-order valence-electron chi connectivity index (χ3n) is 3.23. The molecule has 0 amide bonds. The van der Waals surface area contributed by atoms with Gasteiger partial charge in [-0.25, -0.2) is 9.67 Å². The van der Waals surface area contributed by atoms with Gasteiger partial charge in [0.2, 0.25) is 0 Å². The van der Waals surface area contributed by atoms with Crippen LogP contribution in [0.5, 0.6) is 5.75 Å². The zero-order chi connectivity index (χ0) is 16.4. The molecule has 0 N–H and O–H groups in total. The third kappa shape index (κ3) is 4.01. The summed E-state index contributed by atoms with van der Waals surface area (Å²) in [4.78, 5) is 4.27. The number of aromatic nitrogens is 3. The summed E-state index contributed by atoms with van der Waals surface area (Å²) in [5, 5.41) is 4.38. The van der Waals surface area contributed by atoms with Gasteiger partial charge < -0.3 is 4.74 Å². The number of ether oxygens (including phenoxy) is 1. The van der Waals surface area contributed by atoms with Crippen LogP contribution in [-0.4, -0.2) is 21.1 Å². The van der Waals surface area contributed by atoms with E-state index in [9.17, 15) is 13.2 Å². The van der Waals surface area contributed by atoms with E-state index < -0.39 is 6.36 Å². The lowest BCUT2D eigenvalue weighted by molar-refractivity contribution is -0.274. The summed E-state index contributed by atoms with van der Waals surface area (Å²) < 4.78 is 42.8. The molecule has 8 heteroatoms. The molecule has 2 aromatic rings. The lowest BCUT2D eigenvalue weighted by Gasteiger charge is -2.10. The van der Waals surface area contributed by atoms with Gasteiger partial charge in [-0.3, -0.25) is 0 Å². The smallest absolute Gasteiger partial charge is 0.406 e. The molecule has 1 aliphatic carbocycles. The Hall–Kier alpha value is -2.09. The lowest BCUT2D eigenvalue weighted by atomic mass is 10.0. The van der Waals surface area contributed by atoms with E-state index in [0.29, 0.717) is 11.5 Å². The molecule has 1 atom stereocenters. The first kappa shape index (κ1) is 15.8. The van der Waals surface area contributed by atoms with Gasteiger partial charge in [0.05, 0.1) is 5.69 Å². The quantitative estimate of drug-likeness (QED) is 0.781. The molecule has 120 valence electrons. The summed E-state index contributed by atoms with van der Waals surface area (Å²) >= 11 is 3.39. The van der Waals surface area contributed by atoms with Crippen molar-refractivity contribution in [1.29, 1.82) is 0 Å². The van der Waals surface area contributed by atoms with Gasteiger partial charge in [0.25, 0.3) is 0 Å². The summed E-state index contributed by atoms with van der Waals surface area (Å²) in [7, 11) is 0. The first-order valence-corrected chi connectivity index (χ1v) is 7.51. The molecule has 1 unspecified atom stereocenters. The number of allylic oxidation sites excluding steroid dienone is 4. The average molecular weight is 386 g/mol. The largest absolute Gasteiger partial charge is 0.573 e. The monoisotopic (exact) mass is 385 g/mol. The Bertz CT molecular complexity index is 750. The van der Waals surface area contributed by atoms with Crippen molar-refractivity contribution in [1.82, 2.24) is 14.8 Å². The number of rotatable bonds is 3. The van der Waals surface area contributed by atoms with Crippen molar-refractivity contribution >= 4 is 15.9 Å². The number of hydrogen-bond acceptors (Lipinski definition) is 3. The maximum absolute atomic E-state index is 12.1. The Morgan fingerprint density at radius 2 is 1.96 bits per heavy atom. The van der Waals surface area contributed by atoms with Gasteiger partial charge in [-0.1, -0.05) is 34.2 Å². The molecule has 0 saturated carbocycles.